The van der Waals surface area contributed by atoms with E-state index in [4.69, 9.17) is 29.2 Å². The van der Waals surface area contributed by atoms with Gasteiger partial charge in [-0.1, -0.05) is 0 Å². The van der Waals surface area contributed by atoms with Gasteiger partial charge in [-0.25, -0.2) is 0 Å². The van der Waals surface area contributed by atoms with Gasteiger partial charge in [0.05, 0.1) is 26.4 Å². The predicted octanol–water partition coefficient (Wildman–Crippen LogP) is 1.77. The molecule has 7 heteroatoms. The number of aliphatic hydroxyl groups is 3. The van der Waals surface area contributed by atoms with Crippen LogP contribution in [0.1, 0.15) is 5.56 Å². The van der Waals surface area contributed by atoms with Gasteiger partial charge in [-0.3, -0.25) is 0 Å². The number of benzene rings is 2. The molecule has 0 saturated heterocycles. The highest BCUT2D eigenvalue weighted by Gasteiger charge is 2.07. The maximum Gasteiger partial charge on any atom is 0.127 e. The van der Waals surface area contributed by atoms with Gasteiger partial charge in [0.15, 0.2) is 0 Å². The summed E-state index contributed by atoms with van der Waals surface area (Å²) in [6, 6.07) is 12.5. The van der Waals surface area contributed by atoms with Crippen molar-refractivity contribution < 1.29 is 34.3 Å². The molecule has 0 aliphatic carbocycles. The summed E-state index contributed by atoms with van der Waals surface area (Å²) in [5.74, 6) is 2.60. The van der Waals surface area contributed by atoms with Gasteiger partial charge in [-0.05, 0) is 48.9 Å². The van der Waals surface area contributed by atoms with Crippen molar-refractivity contribution in [3.05, 3.63) is 48.0 Å². The van der Waals surface area contributed by atoms with E-state index >= 15 is 0 Å². The minimum absolute atomic E-state index is 0.000589. The topological polar surface area (TPSA) is 97.6 Å². The highest BCUT2D eigenvalue weighted by molar-refractivity contribution is 5.43. The lowest BCUT2D eigenvalue weighted by atomic mass is 10.1. The minimum Gasteiger partial charge on any atom is -0.491 e. The summed E-state index contributed by atoms with van der Waals surface area (Å²) >= 11 is 0. The molecule has 0 atom stereocenters. The standard InChI is InChI=1S/C20H26O7/c21-8-7-16-15-19(5-6-20(16)26-12-10-23)27-18-3-1-17(2-4-18)25-14-13-24-11-9-22/h1-6,15,21-23H,7-14H2. The molecule has 2 aromatic rings. The Kier molecular flexibility index (Phi) is 9.43. The lowest BCUT2D eigenvalue weighted by molar-refractivity contribution is 0.0705. The molecule has 0 saturated carbocycles. The Morgan fingerprint density at radius 3 is 2.04 bits per heavy atom. The van der Waals surface area contributed by atoms with E-state index in [-0.39, 0.29) is 26.4 Å². The van der Waals surface area contributed by atoms with Crippen molar-refractivity contribution in [1.29, 1.82) is 0 Å². The summed E-state index contributed by atoms with van der Waals surface area (Å²) in [6.07, 6.45) is 0.434. The first kappa shape index (κ1) is 21.0. The van der Waals surface area contributed by atoms with Gasteiger partial charge < -0.3 is 34.3 Å². The zero-order valence-corrected chi connectivity index (χ0v) is 15.2. The molecule has 0 aliphatic heterocycles. The number of hydrogen-bond acceptors (Lipinski definition) is 7. The molecule has 148 valence electrons. The number of ether oxygens (including phenoxy) is 4. The summed E-state index contributed by atoms with van der Waals surface area (Å²) in [4.78, 5) is 0. The van der Waals surface area contributed by atoms with Crippen LogP contribution in [-0.2, 0) is 11.2 Å². The van der Waals surface area contributed by atoms with Gasteiger partial charge in [0.1, 0.15) is 36.2 Å². The van der Waals surface area contributed by atoms with Gasteiger partial charge in [-0.2, -0.15) is 0 Å². The maximum atomic E-state index is 9.22. The van der Waals surface area contributed by atoms with Gasteiger partial charge in [-0.15, -0.1) is 0 Å². The van der Waals surface area contributed by atoms with Crippen LogP contribution in [0.15, 0.2) is 42.5 Å². The van der Waals surface area contributed by atoms with E-state index in [1.54, 1.807) is 36.4 Å². The van der Waals surface area contributed by atoms with Crippen molar-refractivity contribution in [2.45, 2.75) is 6.42 Å². The molecule has 2 rings (SSSR count). The molecule has 0 heterocycles. The molecule has 27 heavy (non-hydrogen) atoms. The molecule has 7 nitrogen and oxygen atoms in total. The summed E-state index contributed by atoms with van der Waals surface area (Å²) in [6.45, 7) is 1.24. The number of rotatable bonds is 13. The average molecular weight is 378 g/mol. The molecular weight excluding hydrogens is 352 g/mol. The zero-order valence-electron chi connectivity index (χ0n) is 15.2. The Bertz CT molecular complexity index is 658. The third-order valence-corrected chi connectivity index (χ3v) is 3.55. The Labute approximate surface area is 158 Å². The molecule has 2 aromatic carbocycles. The zero-order chi connectivity index (χ0) is 19.3. The molecule has 0 amide bonds. The highest BCUT2D eigenvalue weighted by Crippen LogP contribution is 2.29. The van der Waals surface area contributed by atoms with Crippen LogP contribution in [0, 0.1) is 0 Å². The quantitative estimate of drug-likeness (QED) is 0.457. The predicted molar refractivity (Wildman–Crippen MR) is 99.7 cm³/mol. The summed E-state index contributed by atoms with van der Waals surface area (Å²) in [5.41, 5.74) is 0.811. The first-order valence-electron chi connectivity index (χ1n) is 8.83. The van der Waals surface area contributed by atoms with Crippen molar-refractivity contribution in [2.24, 2.45) is 0 Å². The Morgan fingerprint density at radius 2 is 1.33 bits per heavy atom. The van der Waals surface area contributed by atoms with Crippen LogP contribution in [0.3, 0.4) is 0 Å². The van der Waals surface area contributed by atoms with Crippen molar-refractivity contribution in [3.8, 4) is 23.0 Å². The third-order valence-electron chi connectivity index (χ3n) is 3.55. The molecule has 0 radical (unpaired) electrons. The number of aliphatic hydroxyl groups excluding tert-OH is 3. The molecule has 3 N–H and O–H groups in total. The molecule has 0 spiro atoms. The second-order valence-electron chi connectivity index (χ2n) is 5.57. The summed E-state index contributed by atoms with van der Waals surface area (Å²) < 4.78 is 22.0. The van der Waals surface area contributed by atoms with Crippen molar-refractivity contribution in [1.82, 2.24) is 0 Å². The van der Waals surface area contributed by atoms with Crippen LogP contribution in [0.5, 0.6) is 23.0 Å². The fourth-order valence-electron chi connectivity index (χ4n) is 2.36. The minimum atomic E-state index is -0.0706. The molecule has 0 bridgehead atoms. The maximum absolute atomic E-state index is 9.22. The van der Waals surface area contributed by atoms with Crippen molar-refractivity contribution >= 4 is 0 Å². The SMILES string of the molecule is OCCOCCOc1ccc(Oc2ccc(OCCO)c(CCO)c2)cc1. The molecule has 0 aromatic heterocycles. The molecule has 0 fully saturated rings. The van der Waals surface area contributed by atoms with E-state index in [1.165, 1.54) is 0 Å². The fraction of sp³-hybridized carbons (Fsp3) is 0.400. The first-order chi connectivity index (χ1) is 13.3. The van der Waals surface area contributed by atoms with E-state index in [9.17, 15) is 5.11 Å². The fourth-order valence-corrected chi connectivity index (χ4v) is 2.36. The second-order valence-corrected chi connectivity index (χ2v) is 5.57. The van der Waals surface area contributed by atoms with Gasteiger partial charge >= 0.3 is 0 Å². The van der Waals surface area contributed by atoms with Crippen LogP contribution in [0.4, 0.5) is 0 Å². The van der Waals surface area contributed by atoms with E-state index in [0.717, 1.165) is 5.56 Å². The van der Waals surface area contributed by atoms with Crippen LogP contribution in [0.2, 0.25) is 0 Å². The van der Waals surface area contributed by atoms with Gasteiger partial charge in [0.25, 0.3) is 0 Å². The van der Waals surface area contributed by atoms with E-state index in [2.05, 4.69) is 0 Å². The van der Waals surface area contributed by atoms with Crippen LogP contribution in [-0.4, -0.2) is 61.6 Å². The van der Waals surface area contributed by atoms with Gasteiger partial charge in [0, 0.05) is 12.2 Å². The van der Waals surface area contributed by atoms with Crippen LogP contribution in [0.25, 0.3) is 0 Å². The third kappa shape index (κ3) is 7.44. The largest absolute Gasteiger partial charge is 0.491 e. The monoisotopic (exact) mass is 378 g/mol. The number of hydrogen-bond donors (Lipinski definition) is 3. The average Bonchev–Trinajstić information content (AvgIpc) is 2.69. The summed E-state index contributed by atoms with van der Waals surface area (Å²) in [5, 5.41) is 26.7. The van der Waals surface area contributed by atoms with Crippen molar-refractivity contribution in [2.75, 3.05) is 46.2 Å². The molecule has 0 unspecified atom stereocenters. The van der Waals surface area contributed by atoms with E-state index in [1.807, 2.05) is 6.07 Å². The Hall–Kier alpha value is -2.32. The normalized spacial score (nSPS) is 10.6. The Balaban J connectivity index is 1.92. The van der Waals surface area contributed by atoms with Gasteiger partial charge in [0.2, 0.25) is 0 Å². The van der Waals surface area contributed by atoms with Crippen molar-refractivity contribution in [3.63, 3.8) is 0 Å². The highest BCUT2D eigenvalue weighted by atomic mass is 16.5. The Morgan fingerprint density at radius 1 is 0.630 bits per heavy atom. The molecule has 0 aliphatic rings. The summed E-state index contributed by atoms with van der Waals surface area (Å²) in [7, 11) is 0. The lowest BCUT2D eigenvalue weighted by Crippen LogP contribution is -2.08. The molecular formula is C20H26O7. The van der Waals surface area contributed by atoms with Crippen LogP contribution < -0.4 is 14.2 Å². The van der Waals surface area contributed by atoms with E-state index < -0.39 is 0 Å². The smallest absolute Gasteiger partial charge is 0.127 e. The lowest BCUT2D eigenvalue weighted by Gasteiger charge is -2.13. The first-order valence-corrected chi connectivity index (χ1v) is 8.83. The van der Waals surface area contributed by atoms with Crippen LogP contribution >= 0.6 is 0 Å². The van der Waals surface area contributed by atoms with E-state index in [0.29, 0.717) is 49.2 Å². The second kappa shape index (κ2) is 12.1.